The molecule has 5 nitrogen and oxygen atoms in total. The highest BCUT2D eigenvalue weighted by molar-refractivity contribution is 5.88. The molecule has 1 aliphatic rings. The smallest absolute Gasteiger partial charge is 0.317 e. The maximum Gasteiger partial charge on any atom is 0.323 e. The van der Waals surface area contributed by atoms with E-state index in [0.29, 0.717) is 18.3 Å². The van der Waals surface area contributed by atoms with Crippen LogP contribution in [-0.4, -0.2) is 27.4 Å². The molecule has 0 radical (unpaired) electrons. The number of urea groups is 1. The van der Waals surface area contributed by atoms with Crippen molar-refractivity contribution < 1.29 is 9.18 Å². The Hall–Kier alpha value is -2.50. The first-order valence-electron chi connectivity index (χ1n) is 7.22. The van der Waals surface area contributed by atoms with Crippen LogP contribution >= 0.6 is 0 Å². The number of anilines is 1. The highest BCUT2D eigenvalue weighted by Crippen LogP contribution is 2.35. The number of nitrogens with zero attached hydrogens (tertiary/aromatic N) is 3. The standard InChI is InChI=1S/C16H17FN4O/c1-11-7-14(12-3-2-4-13(17)8-12)21(9-11)16(22)20-15-5-6-18-10-19-15/h2-6,8,10-11,14H,7,9H2,1H3,(H,18,19,20,22). The van der Waals surface area contributed by atoms with Crippen molar-refractivity contribution in [3.8, 4) is 0 Å². The van der Waals surface area contributed by atoms with E-state index >= 15 is 0 Å². The molecule has 1 aromatic carbocycles. The number of likely N-dealkylation sites (tertiary alicyclic amines) is 1. The molecule has 0 spiro atoms. The third-order valence-corrected chi connectivity index (χ3v) is 3.82. The molecule has 2 amide bonds. The zero-order valence-electron chi connectivity index (χ0n) is 12.2. The van der Waals surface area contributed by atoms with Gasteiger partial charge in [0, 0.05) is 12.7 Å². The Labute approximate surface area is 128 Å². The lowest BCUT2D eigenvalue weighted by Gasteiger charge is -2.25. The predicted molar refractivity (Wildman–Crippen MR) is 80.7 cm³/mol. The van der Waals surface area contributed by atoms with E-state index in [1.807, 2.05) is 6.07 Å². The number of carbonyl (C=O) groups is 1. The number of hydrogen-bond donors (Lipinski definition) is 1. The summed E-state index contributed by atoms with van der Waals surface area (Å²) >= 11 is 0. The molecule has 114 valence electrons. The average molecular weight is 300 g/mol. The maximum atomic E-state index is 13.5. The summed E-state index contributed by atoms with van der Waals surface area (Å²) in [5, 5.41) is 2.76. The van der Waals surface area contributed by atoms with Crippen LogP contribution in [0, 0.1) is 11.7 Å². The highest BCUT2D eigenvalue weighted by Gasteiger charge is 2.34. The molecular weight excluding hydrogens is 283 g/mol. The molecule has 0 saturated carbocycles. The summed E-state index contributed by atoms with van der Waals surface area (Å²) in [6.07, 6.45) is 3.77. The zero-order valence-corrected chi connectivity index (χ0v) is 12.2. The molecule has 0 bridgehead atoms. The van der Waals surface area contributed by atoms with Crippen LogP contribution in [0.1, 0.15) is 24.9 Å². The monoisotopic (exact) mass is 300 g/mol. The van der Waals surface area contributed by atoms with Crippen molar-refractivity contribution in [2.45, 2.75) is 19.4 Å². The van der Waals surface area contributed by atoms with Gasteiger partial charge in [0.15, 0.2) is 0 Å². The van der Waals surface area contributed by atoms with Crippen molar-refractivity contribution >= 4 is 11.8 Å². The van der Waals surface area contributed by atoms with Crippen molar-refractivity contribution in [2.24, 2.45) is 5.92 Å². The van der Waals surface area contributed by atoms with Crippen LogP contribution in [0.2, 0.25) is 0 Å². The maximum absolute atomic E-state index is 13.5. The van der Waals surface area contributed by atoms with Crippen molar-refractivity contribution in [3.63, 3.8) is 0 Å². The lowest BCUT2D eigenvalue weighted by Crippen LogP contribution is -2.35. The number of rotatable bonds is 2. The Morgan fingerprint density at radius 2 is 2.27 bits per heavy atom. The van der Waals surface area contributed by atoms with Gasteiger partial charge >= 0.3 is 6.03 Å². The van der Waals surface area contributed by atoms with Gasteiger partial charge in [-0.05, 0) is 36.1 Å². The number of carbonyl (C=O) groups excluding carboxylic acids is 1. The van der Waals surface area contributed by atoms with Gasteiger partial charge in [0.25, 0.3) is 0 Å². The molecule has 2 unspecified atom stereocenters. The summed E-state index contributed by atoms with van der Waals surface area (Å²) < 4.78 is 13.5. The summed E-state index contributed by atoms with van der Waals surface area (Å²) in [6, 6.07) is 7.73. The Bertz CT molecular complexity index is 664. The minimum absolute atomic E-state index is 0.118. The van der Waals surface area contributed by atoms with E-state index in [1.54, 1.807) is 23.2 Å². The molecule has 1 saturated heterocycles. The van der Waals surface area contributed by atoms with Gasteiger partial charge in [-0.1, -0.05) is 19.1 Å². The molecule has 1 aromatic heterocycles. The fourth-order valence-electron chi connectivity index (χ4n) is 2.85. The van der Waals surface area contributed by atoms with E-state index in [1.165, 1.54) is 18.5 Å². The third kappa shape index (κ3) is 3.05. The molecule has 0 aliphatic carbocycles. The molecular formula is C16H17FN4O. The molecule has 6 heteroatoms. The zero-order chi connectivity index (χ0) is 15.5. The summed E-state index contributed by atoms with van der Waals surface area (Å²) in [5.74, 6) is 0.537. The van der Waals surface area contributed by atoms with Crippen LogP contribution in [0.25, 0.3) is 0 Å². The fourth-order valence-corrected chi connectivity index (χ4v) is 2.85. The molecule has 2 atom stereocenters. The molecule has 1 fully saturated rings. The summed E-state index contributed by atoms with van der Waals surface area (Å²) in [5.41, 5.74) is 0.821. The quantitative estimate of drug-likeness (QED) is 0.926. The van der Waals surface area contributed by atoms with Gasteiger partial charge in [-0.15, -0.1) is 0 Å². The van der Waals surface area contributed by atoms with Gasteiger partial charge in [0.2, 0.25) is 0 Å². The van der Waals surface area contributed by atoms with Gasteiger partial charge < -0.3 is 4.90 Å². The van der Waals surface area contributed by atoms with Gasteiger partial charge in [-0.2, -0.15) is 0 Å². The Morgan fingerprint density at radius 1 is 1.41 bits per heavy atom. The van der Waals surface area contributed by atoms with Crippen molar-refractivity contribution in [1.29, 1.82) is 0 Å². The molecule has 1 N–H and O–H groups in total. The number of hydrogen-bond acceptors (Lipinski definition) is 3. The van der Waals surface area contributed by atoms with E-state index in [2.05, 4.69) is 22.2 Å². The first-order chi connectivity index (χ1) is 10.6. The summed E-state index contributed by atoms with van der Waals surface area (Å²) in [6.45, 7) is 2.72. The molecule has 3 rings (SSSR count). The predicted octanol–water partition coefficient (Wildman–Crippen LogP) is 3.23. The van der Waals surface area contributed by atoms with E-state index < -0.39 is 0 Å². The summed E-state index contributed by atoms with van der Waals surface area (Å²) in [4.78, 5) is 22.0. The van der Waals surface area contributed by atoms with Crippen LogP contribution < -0.4 is 5.32 Å². The average Bonchev–Trinajstić information content (AvgIpc) is 2.90. The first kappa shape index (κ1) is 14.4. The first-order valence-corrected chi connectivity index (χ1v) is 7.22. The van der Waals surface area contributed by atoms with Crippen LogP contribution in [0.5, 0.6) is 0 Å². The minimum atomic E-state index is -0.284. The highest BCUT2D eigenvalue weighted by atomic mass is 19.1. The molecule has 1 aliphatic heterocycles. The lowest BCUT2D eigenvalue weighted by molar-refractivity contribution is 0.206. The Balaban J connectivity index is 1.80. The van der Waals surface area contributed by atoms with Crippen molar-refractivity contribution in [1.82, 2.24) is 14.9 Å². The van der Waals surface area contributed by atoms with Crippen LogP contribution in [0.4, 0.5) is 15.0 Å². The lowest BCUT2D eigenvalue weighted by atomic mass is 10.0. The summed E-state index contributed by atoms with van der Waals surface area (Å²) in [7, 11) is 0. The van der Waals surface area contributed by atoms with Crippen LogP contribution in [-0.2, 0) is 0 Å². The van der Waals surface area contributed by atoms with Crippen molar-refractivity contribution in [3.05, 3.63) is 54.2 Å². The number of halogens is 1. The van der Waals surface area contributed by atoms with Gasteiger partial charge in [0.05, 0.1) is 6.04 Å². The van der Waals surface area contributed by atoms with Crippen LogP contribution in [0.15, 0.2) is 42.9 Å². The van der Waals surface area contributed by atoms with Crippen molar-refractivity contribution in [2.75, 3.05) is 11.9 Å². The topological polar surface area (TPSA) is 58.1 Å². The fraction of sp³-hybridized carbons (Fsp3) is 0.312. The minimum Gasteiger partial charge on any atom is -0.317 e. The van der Waals surface area contributed by atoms with Gasteiger partial charge in [-0.25, -0.2) is 19.2 Å². The second kappa shape index (κ2) is 6.09. The van der Waals surface area contributed by atoms with E-state index in [0.717, 1.165) is 12.0 Å². The number of benzene rings is 1. The SMILES string of the molecule is CC1CC(c2cccc(F)c2)N(C(=O)Nc2ccncn2)C1. The van der Waals surface area contributed by atoms with E-state index in [4.69, 9.17) is 0 Å². The van der Waals surface area contributed by atoms with Gasteiger partial charge in [-0.3, -0.25) is 5.32 Å². The number of amides is 2. The molecule has 2 heterocycles. The van der Waals surface area contributed by atoms with E-state index in [-0.39, 0.29) is 17.9 Å². The Morgan fingerprint density at radius 3 is 3.00 bits per heavy atom. The normalized spacial score (nSPS) is 20.9. The number of aromatic nitrogens is 2. The largest absolute Gasteiger partial charge is 0.323 e. The second-order valence-electron chi connectivity index (χ2n) is 5.59. The molecule has 2 aromatic rings. The number of nitrogens with one attached hydrogen (secondary N) is 1. The third-order valence-electron chi connectivity index (χ3n) is 3.82. The second-order valence-corrected chi connectivity index (χ2v) is 5.59. The Kier molecular flexibility index (Phi) is 4.00. The van der Waals surface area contributed by atoms with Gasteiger partial charge in [0.1, 0.15) is 18.0 Å². The van der Waals surface area contributed by atoms with Crippen LogP contribution in [0.3, 0.4) is 0 Å². The molecule has 22 heavy (non-hydrogen) atoms. The van der Waals surface area contributed by atoms with E-state index in [9.17, 15) is 9.18 Å².